The second-order valence-corrected chi connectivity index (χ2v) is 8.68. The SMILES string of the molecule is CC(C)N(C(=O)CN1CCC(O)(Cn2cnc3ccccc3c2=O)CC1)C(C)C. The molecular weight excluding hydrogens is 368 g/mol. The summed E-state index contributed by atoms with van der Waals surface area (Å²) in [6, 6.07) is 7.56. The van der Waals surface area contributed by atoms with Crippen LogP contribution in [0.1, 0.15) is 40.5 Å². The zero-order valence-electron chi connectivity index (χ0n) is 17.8. The molecule has 0 atom stereocenters. The zero-order valence-corrected chi connectivity index (χ0v) is 17.8. The smallest absolute Gasteiger partial charge is 0.261 e. The van der Waals surface area contributed by atoms with Crippen LogP contribution in [0, 0.1) is 0 Å². The Morgan fingerprint density at radius 3 is 2.41 bits per heavy atom. The fourth-order valence-electron chi connectivity index (χ4n) is 4.27. The number of carbonyl (C=O) groups is 1. The molecular formula is C22H32N4O3. The Hall–Kier alpha value is -2.25. The standard InChI is InChI=1S/C22H32N4O3/c1-16(2)26(17(3)4)20(27)13-24-11-9-22(29,10-12-24)14-25-15-23-19-8-6-5-7-18(19)21(25)28/h5-8,15-17,29H,9-14H2,1-4H3. The molecule has 158 valence electrons. The summed E-state index contributed by atoms with van der Waals surface area (Å²) in [6.45, 7) is 9.96. The van der Waals surface area contributed by atoms with Crippen molar-refractivity contribution in [2.75, 3.05) is 19.6 Å². The average Bonchev–Trinajstić information content (AvgIpc) is 2.66. The number of aromatic nitrogens is 2. The molecule has 7 heteroatoms. The first-order valence-electron chi connectivity index (χ1n) is 10.4. The number of hydrogen-bond acceptors (Lipinski definition) is 5. The number of amides is 1. The molecule has 2 aromatic rings. The minimum Gasteiger partial charge on any atom is -0.388 e. The van der Waals surface area contributed by atoms with Gasteiger partial charge in [0.2, 0.25) is 5.91 Å². The molecule has 3 rings (SSSR count). The van der Waals surface area contributed by atoms with Crippen LogP contribution >= 0.6 is 0 Å². The third-order valence-corrected chi connectivity index (χ3v) is 5.74. The van der Waals surface area contributed by atoms with Gasteiger partial charge in [-0.2, -0.15) is 0 Å². The molecule has 0 radical (unpaired) electrons. The highest BCUT2D eigenvalue weighted by molar-refractivity contribution is 5.79. The van der Waals surface area contributed by atoms with Gasteiger partial charge in [0, 0.05) is 25.2 Å². The van der Waals surface area contributed by atoms with Crippen molar-refractivity contribution >= 4 is 16.8 Å². The van der Waals surface area contributed by atoms with Gasteiger partial charge in [0.1, 0.15) is 0 Å². The Bertz CT molecular complexity index is 906. The van der Waals surface area contributed by atoms with Crippen molar-refractivity contribution in [2.24, 2.45) is 0 Å². The van der Waals surface area contributed by atoms with E-state index in [0.717, 1.165) is 0 Å². The number of likely N-dealkylation sites (tertiary alicyclic amines) is 1. The Morgan fingerprint density at radius 2 is 1.79 bits per heavy atom. The minimum absolute atomic E-state index is 0.121. The molecule has 29 heavy (non-hydrogen) atoms. The largest absolute Gasteiger partial charge is 0.388 e. The van der Waals surface area contributed by atoms with Gasteiger partial charge in [0.25, 0.3) is 5.56 Å². The van der Waals surface area contributed by atoms with E-state index in [9.17, 15) is 14.7 Å². The summed E-state index contributed by atoms with van der Waals surface area (Å²) in [5.74, 6) is 0.121. The molecule has 0 unspecified atom stereocenters. The van der Waals surface area contributed by atoms with Gasteiger partial charge < -0.3 is 10.0 Å². The first-order chi connectivity index (χ1) is 13.7. The zero-order chi connectivity index (χ0) is 21.2. The lowest BCUT2D eigenvalue weighted by molar-refractivity contribution is -0.137. The summed E-state index contributed by atoms with van der Waals surface area (Å²) in [7, 11) is 0. The predicted octanol–water partition coefficient (Wildman–Crippen LogP) is 1.87. The van der Waals surface area contributed by atoms with Gasteiger partial charge in [0.15, 0.2) is 0 Å². The maximum Gasteiger partial charge on any atom is 0.261 e. The summed E-state index contributed by atoms with van der Waals surface area (Å²) in [5.41, 5.74) is -0.441. The molecule has 0 bridgehead atoms. The van der Waals surface area contributed by atoms with E-state index < -0.39 is 5.60 Å². The number of aliphatic hydroxyl groups is 1. The normalized spacial score (nSPS) is 17.2. The van der Waals surface area contributed by atoms with Crippen LogP contribution < -0.4 is 5.56 Å². The Labute approximate surface area is 172 Å². The van der Waals surface area contributed by atoms with Gasteiger partial charge in [0.05, 0.1) is 35.9 Å². The molecule has 0 aliphatic carbocycles. The van der Waals surface area contributed by atoms with Crippen molar-refractivity contribution in [3.8, 4) is 0 Å². The van der Waals surface area contributed by atoms with Crippen LogP contribution in [0.5, 0.6) is 0 Å². The molecule has 1 saturated heterocycles. The van der Waals surface area contributed by atoms with E-state index in [-0.39, 0.29) is 30.1 Å². The van der Waals surface area contributed by atoms with Crippen molar-refractivity contribution in [2.45, 2.75) is 64.8 Å². The van der Waals surface area contributed by atoms with Gasteiger partial charge in [-0.25, -0.2) is 4.98 Å². The van der Waals surface area contributed by atoms with Crippen LogP contribution in [0.4, 0.5) is 0 Å². The van der Waals surface area contributed by atoms with E-state index in [4.69, 9.17) is 0 Å². The number of fused-ring (bicyclic) bond motifs is 1. The summed E-state index contributed by atoms with van der Waals surface area (Å²) < 4.78 is 1.50. The summed E-state index contributed by atoms with van der Waals surface area (Å²) >= 11 is 0. The van der Waals surface area contributed by atoms with Crippen molar-refractivity contribution < 1.29 is 9.90 Å². The highest BCUT2D eigenvalue weighted by Gasteiger charge is 2.34. The Morgan fingerprint density at radius 1 is 1.17 bits per heavy atom. The molecule has 7 nitrogen and oxygen atoms in total. The maximum atomic E-state index is 12.7. The Balaban J connectivity index is 1.63. The van der Waals surface area contributed by atoms with Crippen LogP contribution in [0.25, 0.3) is 10.9 Å². The molecule has 1 amide bonds. The quantitative estimate of drug-likeness (QED) is 0.801. The fourth-order valence-corrected chi connectivity index (χ4v) is 4.27. The molecule has 1 aliphatic heterocycles. The van der Waals surface area contributed by atoms with Crippen molar-refractivity contribution in [3.05, 3.63) is 40.9 Å². The van der Waals surface area contributed by atoms with Crippen LogP contribution in [0.2, 0.25) is 0 Å². The third-order valence-electron chi connectivity index (χ3n) is 5.74. The highest BCUT2D eigenvalue weighted by atomic mass is 16.3. The molecule has 1 aliphatic rings. The molecule has 1 aromatic heterocycles. The van der Waals surface area contributed by atoms with Crippen molar-refractivity contribution in [1.29, 1.82) is 0 Å². The second kappa shape index (κ2) is 8.63. The van der Waals surface area contributed by atoms with Gasteiger partial charge in [-0.1, -0.05) is 12.1 Å². The first kappa shape index (κ1) is 21.5. The molecule has 1 aromatic carbocycles. The van der Waals surface area contributed by atoms with Crippen LogP contribution in [0.15, 0.2) is 35.4 Å². The van der Waals surface area contributed by atoms with E-state index in [1.165, 1.54) is 10.9 Å². The monoisotopic (exact) mass is 400 g/mol. The highest BCUT2D eigenvalue weighted by Crippen LogP contribution is 2.24. The number of carbonyl (C=O) groups excluding carboxylic acids is 1. The summed E-state index contributed by atoms with van der Waals surface area (Å²) in [4.78, 5) is 33.7. The van der Waals surface area contributed by atoms with E-state index in [1.807, 2.05) is 50.8 Å². The van der Waals surface area contributed by atoms with Crippen LogP contribution in [-0.2, 0) is 11.3 Å². The van der Waals surface area contributed by atoms with Crippen LogP contribution in [0.3, 0.4) is 0 Å². The third kappa shape index (κ3) is 4.85. The number of para-hydroxylation sites is 1. The molecule has 1 fully saturated rings. The van der Waals surface area contributed by atoms with E-state index >= 15 is 0 Å². The van der Waals surface area contributed by atoms with Gasteiger partial charge in [-0.3, -0.25) is 19.1 Å². The van der Waals surface area contributed by atoms with E-state index in [0.29, 0.717) is 43.4 Å². The van der Waals surface area contributed by atoms with E-state index in [1.54, 1.807) is 6.07 Å². The fraction of sp³-hybridized carbons (Fsp3) is 0.591. The predicted molar refractivity (Wildman–Crippen MR) is 114 cm³/mol. The molecule has 0 saturated carbocycles. The number of benzene rings is 1. The topological polar surface area (TPSA) is 78.7 Å². The van der Waals surface area contributed by atoms with Crippen molar-refractivity contribution in [3.63, 3.8) is 0 Å². The van der Waals surface area contributed by atoms with Crippen LogP contribution in [-0.4, -0.2) is 67.7 Å². The molecule has 1 N–H and O–H groups in total. The number of rotatable bonds is 6. The van der Waals surface area contributed by atoms with Crippen molar-refractivity contribution in [1.82, 2.24) is 19.4 Å². The lowest BCUT2D eigenvalue weighted by Crippen LogP contribution is -2.52. The number of hydrogen-bond donors (Lipinski definition) is 1. The summed E-state index contributed by atoms with van der Waals surface area (Å²) in [6.07, 6.45) is 2.55. The summed E-state index contributed by atoms with van der Waals surface area (Å²) in [5, 5.41) is 11.6. The number of piperidine rings is 1. The second-order valence-electron chi connectivity index (χ2n) is 8.68. The van der Waals surface area contributed by atoms with Gasteiger partial charge in [-0.15, -0.1) is 0 Å². The van der Waals surface area contributed by atoms with Gasteiger partial charge >= 0.3 is 0 Å². The Kier molecular flexibility index (Phi) is 6.39. The lowest BCUT2D eigenvalue weighted by Gasteiger charge is -2.39. The molecule has 2 heterocycles. The molecule has 0 spiro atoms. The maximum absolute atomic E-state index is 12.7. The van der Waals surface area contributed by atoms with Gasteiger partial charge in [-0.05, 0) is 52.7 Å². The minimum atomic E-state index is -0.969. The average molecular weight is 401 g/mol. The first-order valence-corrected chi connectivity index (χ1v) is 10.4. The van der Waals surface area contributed by atoms with E-state index in [2.05, 4.69) is 9.88 Å². The lowest BCUT2D eigenvalue weighted by atomic mass is 9.91. The number of nitrogens with zero attached hydrogens (tertiary/aromatic N) is 4.